The van der Waals surface area contributed by atoms with E-state index in [0.29, 0.717) is 72.7 Å². The third-order valence-electron chi connectivity index (χ3n) is 7.96. The molecule has 1 aliphatic rings. The molecule has 5 rings (SSSR count). The normalized spacial score (nSPS) is 13.8. The number of methoxy groups -OCH3 is 1. The molecule has 4 aromatic rings. The summed E-state index contributed by atoms with van der Waals surface area (Å²) in [6.45, 7) is 2.70. The van der Waals surface area contributed by atoms with Crippen LogP contribution in [0.15, 0.2) is 66.9 Å². The van der Waals surface area contributed by atoms with Gasteiger partial charge in [-0.25, -0.2) is 8.78 Å². The molecule has 1 fully saturated rings. The first-order valence-corrected chi connectivity index (χ1v) is 15.5. The predicted molar refractivity (Wildman–Crippen MR) is 175 cm³/mol. The molecule has 1 aliphatic carbocycles. The number of aromatic nitrogens is 1. The Morgan fingerprint density at radius 1 is 0.917 bits per heavy atom. The van der Waals surface area contributed by atoms with Crippen molar-refractivity contribution in [3.05, 3.63) is 78.5 Å². The number of benzene rings is 3. The average Bonchev–Trinajstić information content (AvgIpc) is 3.89. The molecule has 0 bridgehead atoms. The zero-order chi connectivity index (χ0) is 34.3. The van der Waals surface area contributed by atoms with Gasteiger partial charge in [0.2, 0.25) is 11.8 Å². The highest BCUT2D eigenvalue weighted by Gasteiger charge is 2.56. The molecule has 11 nitrogen and oxygen atoms in total. The lowest BCUT2D eigenvalue weighted by Gasteiger charge is -2.16. The number of carbonyl (C=O) groups excluding carboxylic acids is 2. The Bertz CT molecular complexity index is 1800. The zero-order valence-corrected chi connectivity index (χ0v) is 26.5. The van der Waals surface area contributed by atoms with Crippen molar-refractivity contribution in [2.75, 3.05) is 30.9 Å². The van der Waals surface area contributed by atoms with E-state index in [0.717, 1.165) is 12.5 Å². The summed E-state index contributed by atoms with van der Waals surface area (Å²) in [4.78, 5) is 41.6. The number of hydrogen-bond acceptors (Lipinski definition) is 8. The van der Waals surface area contributed by atoms with Crippen molar-refractivity contribution in [2.45, 2.75) is 45.1 Å². The summed E-state index contributed by atoms with van der Waals surface area (Å²) < 4.78 is 45.8. The van der Waals surface area contributed by atoms with Gasteiger partial charge in [0.05, 0.1) is 19.2 Å². The van der Waals surface area contributed by atoms with Gasteiger partial charge >= 0.3 is 5.97 Å². The number of aliphatic carboxylic acids is 1. The Labute approximate surface area is 275 Å². The SMILES string of the molecule is CCCC(NCCCOc1cc2nccc(Oc3ccc(NC(=O)C4(C(=O)Nc5ccc(F)cc5)CC4)cc3F)c2cc1OC)C(=O)O. The maximum absolute atomic E-state index is 15.2. The topological polar surface area (TPSA) is 148 Å². The number of pyridine rings is 1. The summed E-state index contributed by atoms with van der Waals surface area (Å²) in [5.74, 6) is -2.14. The van der Waals surface area contributed by atoms with Crippen molar-refractivity contribution in [3.8, 4) is 23.0 Å². The molecule has 1 atom stereocenters. The van der Waals surface area contributed by atoms with Gasteiger partial charge < -0.3 is 35.3 Å². The number of nitrogens with one attached hydrogen (secondary N) is 3. The van der Waals surface area contributed by atoms with E-state index in [4.69, 9.17) is 14.2 Å². The number of halogens is 2. The van der Waals surface area contributed by atoms with Gasteiger partial charge in [-0.3, -0.25) is 19.4 Å². The van der Waals surface area contributed by atoms with Gasteiger partial charge in [-0.15, -0.1) is 0 Å². The number of carbonyl (C=O) groups is 3. The van der Waals surface area contributed by atoms with Gasteiger partial charge in [0.25, 0.3) is 0 Å². The lowest BCUT2D eigenvalue weighted by Crippen LogP contribution is -2.37. The van der Waals surface area contributed by atoms with Crippen molar-refractivity contribution in [2.24, 2.45) is 5.41 Å². The molecule has 1 aromatic heterocycles. The number of hydrogen-bond donors (Lipinski definition) is 4. The molecule has 1 unspecified atom stereocenters. The number of amides is 2. The Morgan fingerprint density at radius 2 is 1.62 bits per heavy atom. The fourth-order valence-electron chi connectivity index (χ4n) is 5.12. The molecular weight excluding hydrogens is 626 g/mol. The largest absolute Gasteiger partial charge is 0.493 e. The molecule has 2 amide bonds. The fraction of sp³-hybridized carbons (Fsp3) is 0.314. The molecule has 13 heteroatoms. The summed E-state index contributed by atoms with van der Waals surface area (Å²) in [5.41, 5.74) is -0.283. The Morgan fingerprint density at radius 3 is 2.27 bits per heavy atom. The zero-order valence-electron chi connectivity index (χ0n) is 26.5. The Balaban J connectivity index is 1.22. The van der Waals surface area contributed by atoms with Gasteiger partial charge in [0, 0.05) is 35.1 Å². The second-order valence-corrected chi connectivity index (χ2v) is 11.4. The molecule has 252 valence electrons. The number of ether oxygens (including phenoxy) is 3. The summed E-state index contributed by atoms with van der Waals surface area (Å²) in [6.07, 6.45) is 4.01. The van der Waals surface area contributed by atoms with Crippen LogP contribution in [0.25, 0.3) is 10.9 Å². The van der Waals surface area contributed by atoms with Crippen LogP contribution >= 0.6 is 0 Å². The van der Waals surface area contributed by atoms with Crippen molar-refractivity contribution in [1.29, 1.82) is 0 Å². The molecule has 1 heterocycles. The predicted octanol–water partition coefficient (Wildman–Crippen LogP) is 6.28. The third-order valence-corrected chi connectivity index (χ3v) is 7.96. The highest BCUT2D eigenvalue weighted by molar-refractivity contribution is 6.16. The first-order valence-electron chi connectivity index (χ1n) is 15.5. The highest BCUT2D eigenvalue weighted by atomic mass is 19.1. The minimum Gasteiger partial charge on any atom is -0.493 e. The smallest absolute Gasteiger partial charge is 0.320 e. The van der Waals surface area contributed by atoms with Crippen LogP contribution in [0, 0.1) is 17.0 Å². The number of carboxylic acid groups (broad SMARTS) is 1. The minimum atomic E-state index is -1.30. The monoisotopic (exact) mass is 662 g/mol. The van der Waals surface area contributed by atoms with Gasteiger partial charge in [-0.2, -0.15) is 0 Å². The van der Waals surface area contributed by atoms with Gasteiger partial charge in [0.1, 0.15) is 23.0 Å². The van der Waals surface area contributed by atoms with Crippen molar-refractivity contribution in [3.63, 3.8) is 0 Å². The van der Waals surface area contributed by atoms with E-state index in [1.165, 1.54) is 49.7 Å². The van der Waals surface area contributed by atoms with Gasteiger partial charge in [-0.05, 0) is 80.8 Å². The molecule has 48 heavy (non-hydrogen) atoms. The van der Waals surface area contributed by atoms with Crippen LogP contribution < -0.4 is 30.2 Å². The average molecular weight is 663 g/mol. The first kappa shape index (κ1) is 34.0. The van der Waals surface area contributed by atoms with E-state index < -0.39 is 40.9 Å². The molecule has 0 radical (unpaired) electrons. The summed E-state index contributed by atoms with van der Waals surface area (Å²) in [7, 11) is 1.49. The quantitative estimate of drug-likeness (QED) is 0.0803. The van der Waals surface area contributed by atoms with E-state index in [9.17, 15) is 23.9 Å². The summed E-state index contributed by atoms with van der Waals surface area (Å²) in [6, 6.07) is 13.5. The minimum absolute atomic E-state index is 0.106. The van der Waals surface area contributed by atoms with E-state index in [1.807, 2.05) is 6.92 Å². The lowest BCUT2D eigenvalue weighted by atomic mass is 10.0. The van der Waals surface area contributed by atoms with Gasteiger partial charge in [-0.1, -0.05) is 13.3 Å². The van der Waals surface area contributed by atoms with Crippen molar-refractivity contribution < 1.29 is 42.5 Å². The number of rotatable bonds is 16. The van der Waals surface area contributed by atoms with E-state index in [-0.39, 0.29) is 11.4 Å². The first-order chi connectivity index (χ1) is 23.1. The molecule has 0 aliphatic heterocycles. The standard InChI is InChI=1S/C35H36F2N4O7/c1-3-5-26(32(42)43)38-15-4-17-47-31-20-27-24(19-30(31)46-2)28(12-16-39-27)48-29-11-10-23(18-25(29)37)41-34(45)35(13-14-35)33(44)40-22-8-6-21(36)7-9-22/h6-12,16,18-20,26,38H,3-5,13-15,17H2,1-2H3,(H,40,44)(H,41,45)(H,42,43). The summed E-state index contributed by atoms with van der Waals surface area (Å²) in [5, 5.41) is 18.1. The molecule has 0 saturated heterocycles. The number of anilines is 2. The molecule has 1 saturated carbocycles. The maximum Gasteiger partial charge on any atom is 0.320 e. The second-order valence-electron chi connectivity index (χ2n) is 11.4. The van der Waals surface area contributed by atoms with E-state index >= 15 is 4.39 Å². The lowest BCUT2D eigenvalue weighted by molar-refractivity contribution is -0.139. The number of fused-ring (bicyclic) bond motifs is 1. The fourth-order valence-corrected chi connectivity index (χ4v) is 5.12. The van der Waals surface area contributed by atoms with Crippen LogP contribution in [0.5, 0.6) is 23.0 Å². The van der Waals surface area contributed by atoms with Crippen LogP contribution in [0.4, 0.5) is 20.2 Å². The van der Waals surface area contributed by atoms with Crippen LogP contribution in [-0.4, -0.2) is 54.2 Å². The number of carboxylic acids is 1. The Hall–Kier alpha value is -5.30. The molecular formula is C35H36F2N4O7. The second kappa shape index (κ2) is 15.1. The number of nitrogens with zero attached hydrogens (tertiary/aromatic N) is 1. The van der Waals surface area contributed by atoms with Crippen LogP contribution in [0.1, 0.15) is 39.0 Å². The molecule has 3 aromatic carbocycles. The molecule has 4 N–H and O–H groups in total. The van der Waals surface area contributed by atoms with E-state index in [1.54, 1.807) is 18.2 Å². The van der Waals surface area contributed by atoms with E-state index in [2.05, 4.69) is 20.9 Å². The summed E-state index contributed by atoms with van der Waals surface area (Å²) >= 11 is 0. The van der Waals surface area contributed by atoms with Crippen LogP contribution in [-0.2, 0) is 14.4 Å². The molecule has 0 spiro atoms. The highest BCUT2D eigenvalue weighted by Crippen LogP contribution is 2.47. The van der Waals surface area contributed by atoms with Crippen LogP contribution in [0.3, 0.4) is 0 Å². The maximum atomic E-state index is 15.2. The van der Waals surface area contributed by atoms with Crippen molar-refractivity contribution in [1.82, 2.24) is 10.3 Å². The van der Waals surface area contributed by atoms with Crippen molar-refractivity contribution >= 4 is 40.1 Å². The third kappa shape index (κ3) is 7.97. The Kier molecular flexibility index (Phi) is 10.7. The van der Waals surface area contributed by atoms with Gasteiger partial charge in [0.15, 0.2) is 23.1 Å². The van der Waals surface area contributed by atoms with Crippen LogP contribution in [0.2, 0.25) is 0 Å².